The molecular weight excluding hydrogens is 201 g/mol. The Morgan fingerprint density at radius 3 is 2.67 bits per heavy atom. The Morgan fingerprint density at radius 1 is 1.47 bits per heavy atom. The number of amides is 1. The summed E-state index contributed by atoms with van der Waals surface area (Å²) in [6, 6.07) is 3.88. The fraction of sp³-hybridized carbons (Fsp3) is 0. The number of ether oxygens (including phenoxy) is 1. The molecule has 1 amide bonds. The Labute approximate surface area is 84.8 Å². The van der Waals surface area contributed by atoms with Gasteiger partial charge >= 0.3 is 11.9 Å². The summed E-state index contributed by atoms with van der Waals surface area (Å²) in [5.41, 5.74) is 4.56. The molecule has 2 N–H and O–H groups in total. The van der Waals surface area contributed by atoms with Gasteiger partial charge in [-0.25, -0.2) is 9.18 Å². The van der Waals surface area contributed by atoms with E-state index >= 15 is 0 Å². The van der Waals surface area contributed by atoms with Crippen LogP contribution in [0.3, 0.4) is 0 Å². The van der Waals surface area contributed by atoms with Crippen molar-refractivity contribution in [2.75, 3.05) is 0 Å². The number of nitrogens with two attached hydrogens (primary N) is 1. The van der Waals surface area contributed by atoms with Crippen molar-refractivity contribution < 1.29 is 18.7 Å². The number of esters is 1. The van der Waals surface area contributed by atoms with E-state index in [0.29, 0.717) is 0 Å². The molecule has 1 aromatic carbocycles. The molecule has 0 aliphatic carbocycles. The first-order valence-corrected chi connectivity index (χ1v) is 3.83. The van der Waals surface area contributed by atoms with Crippen molar-refractivity contribution in [2.45, 2.75) is 0 Å². The fourth-order valence-electron chi connectivity index (χ4n) is 0.851. The van der Waals surface area contributed by atoms with Crippen LogP contribution in [0.5, 0.6) is 5.75 Å². The van der Waals surface area contributed by atoms with Crippen LogP contribution in [-0.2, 0) is 9.59 Å². The SMILES string of the molecule is C#Cc1cccc(OC(=O)C(N)=O)c1F. The van der Waals surface area contributed by atoms with E-state index in [0.717, 1.165) is 6.07 Å². The summed E-state index contributed by atoms with van der Waals surface area (Å²) in [6.45, 7) is 0. The molecule has 0 fully saturated rings. The maximum atomic E-state index is 13.3. The predicted octanol–water partition coefficient (Wildman–Crippen LogP) is 0.198. The van der Waals surface area contributed by atoms with E-state index in [-0.39, 0.29) is 5.56 Å². The van der Waals surface area contributed by atoms with Crippen molar-refractivity contribution >= 4 is 11.9 Å². The topological polar surface area (TPSA) is 69.4 Å². The normalized spacial score (nSPS) is 9.07. The molecule has 0 radical (unpaired) electrons. The van der Waals surface area contributed by atoms with Gasteiger partial charge in [-0.2, -0.15) is 0 Å². The van der Waals surface area contributed by atoms with Gasteiger partial charge in [0.25, 0.3) is 0 Å². The van der Waals surface area contributed by atoms with Crippen molar-refractivity contribution in [2.24, 2.45) is 5.73 Å². The lowest BCUT2D eigenvalue weighted by Crippen LogP contribution is -2.28. The van der Waals surface area contributed by atoms with Gasteiger partial charge in [0.15, 0.2) is 11.6 Å². The monoisotopic (exact) mass is 207 g/mol. The van der Waals surface area contributed by atoms with Gasteiger partial charge in [0.05, 0.1) is 5.56 Å². The molecule has 0 heterocycles. The zero-order valence-corrected chi connectivity index (χ0v) is 7.49. The molecule has 76 valence electrons. The molecule has 0 aliphatic heterocycles. The fourth-order valence-corrected chi connectivity index (χ4v) is 0.851. The number of hydrogen-bond acceptors (Lipinski definition) is 3. The molecule has 0 aromatic heterocycles. The summed E-state index contributed by atoms with van der Waals surface area (Å²) in [4.78, 5) is 21.1. The molecule has 0 bridgehead atoms. The minimum Gasteiger partial charge on any atom is -0.416 e. The highest BCUT2D eigenvalue weighted by Gasteiger charge is 2.15. The average molecular weight is 207 g/mol. The number of primary amides is 1. The number of terminal acetylenes is 1. The molecule has 0 unspecified atom stereocenters. The Balaban J connectivity index is 3.02. The maximum absolute atomic E-state index is 13.3. The van der Waals surface area contributed by atoms with Gasteiger partial charge in [0, 0.05) is 0 Å². The van der Waals surface area contributed by atoms with Crippen LogP contribution in [0, 0.1) is 18.2 Å². The summed E-state index contributed by atoms with van der Waals surface area (Å²) in [7, 11) is 0. The number of carbonyl (C=O) groups is 2. The molecule has 1 rings (SSSR count). The smallest absolute Gasteiger partial charge is 0.402 e. The summed E-state index contributed by atoms with van der Waals surface area (Å²) >= 11 is 0. The van der Waals surface area contributed by atoms with Crippen LogP contribution < -0.4 is 10.5 Å². The first kappa shape index (κ1) is 10.7. The standard InChI is InChI=1S/C10H6FNO3/c1-2-6-4-3-5-7(8(6)11)15-10(14)9(12)13/h1,3-5H,(H2,12,13). The average Bonchev–Trinajstić information content (AvgIpc) is 2.21. The summed E-state index contributed by atoms with van der Waals surface area (Å²) in [5, 5.41) is 0. The van der Waals surface area contributed by atoms with Crippen molar-refractivity contribution in [3.63, 3.8) is 0 Å². The van der Waals surface area contributed by atoms with E-state index < -0.39 is 23.4 Å². The van der Waals surface area contributed by atoms with E-state index in [9.17, 15) is 14.0 Å². The van der Waals surface area contributed by atoms with Crippen LogP contribution >= 0.6 is 0 Å². The summed E-state index contributed by atoms with van der Waals surface area (Å²) in [6.07, 6.45) is 4.99. The quantitative estimate of drug-likeness (QED) is 0.309. The largest absolute Gasteiger partial charge is 0.416 e. The number of halogens is 1. The highest BCUT2D eigenvalue weighted by molar-refractivity contribution is 6.32. The second-order valence-corrected chi connectivity index (χ2v) is 2.52. The lowest BCUT2D eigenvalue weighted by atomic mass is 10.2. The highest BCUT2D eigenvalue weighted by atomic mass is 19.1. The lowest BCUT2D eigenvalue weighted by Gasteiger charge is -2.03. The van der Waals surface area contributed by atoms with Crippen molar-refractivity contribution in [1.29, 1.82) is 0 Å². The zero-order valence-electron chi connectivity index (χ0n) is 7.49. The second-order valence-electron chi connectivity index (χ2n) is 2.52. The van der Waals surface area contributed by atoms with Crippen LogP contribution in [0.1, 0.15) is 5.56 Å². The minimum atomic E-state index is -1.34. The van der Waals surface area contributed by atoms with Gasteiger partial charge in [-0.05, 0) is 12.1 Å². The van der Waals surface area contributed by atoms with Gasteiger partial charge in [0.1, 0.15) is 0 Å². The van der Waals surface area contributed by atoms with Gasteiger partial charge in [0.2, 0.25) is 0 Å². The highest BCUT2D eigenvalue weighted by Crippen LogP contribution is 2.19. The van der Waals surface area contributed by atoms with Gasteiger partial charge in [-0.3, -0.25) is 4.79 Å². The molecule has 4 nitrogen and oxygen atoms in total. The van der Waals surface area contributed by atoms with Crippen LogP contribution in [-0.4, -0.2) is 11.9 Å². The third-order valence-electron chi connectivity index (χ3n) is 1.52. The summed E-state index contributed by atoms with van der Waals surface area (Å²) < 4.78 is 17.7. The number of benzene rings is 1. The molecular formula is C10H6FNO3. The van der Waals surface area contributed by atoms with Crippen molar-refractivity contribution in [3.8, 4) is 18.1 Å². The molecule has 0 spiro atoms. The molecule has 0 atom stereocenters. The van der Waals surface area contributed by atoms with Crippen LogP contribution in [0.4, 0.5) is 4.39 Å². The third kappa shape index (κ3) is 2.31. The first-order valence-electron chi connectivity index (χ1n) is 3.83. The molecule has 0 aliphatic rings. The van der Waals surface area contributed by atoms with Crippen molar-refractivity contribution in [1.82, 2.24) is 0 Å². The molecule has 0 saturated carbocycles. The van der Waals surface area contributed by atoms with E-state index in [1.54, 1.807) is 0 Å². The Morgan fingerprint density at radius 2 is 2.13 bits per heavy atom. The maximum Gasteiger partial charge on any atom is 0.402 e. The van der Waals surface area contributed by atoms with E-state index in [2.05, 4.69) is 16.4 Å². The Bertz CT molecular complexity index is 462. The Hall–Kier alpha value is -2.35. The minimum absolute atomic E-state index is 0.0650. The van der Waals surface area contributed by atoms with Gasteiger partial charge in [-0.1, -0.05) is 12.0 Å². The van der Waals surface area contributed by atoms with E-state index in [4.69, 9.17) is 6.42 Å². The molecule has 15 heavy (non-hydrogen) atoms. The number of carbonyl (C=O) groups excluding carboxylic acids is 2. The first-order chi connectivity index (χ1) is 7.06. The Kier molecular flexibility index (Phi) is 3.03. The van der Waals surface area contributed by atoms with Gasteiger partial charge < -0.3 is 10.5 Å². The van der Waals surface area contributed by atoms with Gasteiger partial charge in [-0.15, -0.1) is 6.42 Å². The van der Waals surface area contributed by atoms with Crippen LogP contribution in [0.15, 0.2) is 18.2 Å². The van der Waals surface area contributed by atoms with E-state index in [1.807, 2.05) is 0 Å². The molecule has 5 heteroatoms. The lowest BCUT2D eigenvalue weighted by molar-refractivity contribution is -0.146. The predicted molar refractivity (Wildman–Crippen MR) is 49.2 cm³/mol. The number of hydrogen-bond donors (Lipinski definition) is 1. The second kappa shape index (κ2) is 4.24. The third-order valence-corrected chi connectivity index (χ3v) is 1.52. The molecule has 0 saturated heterocycles. The van der Waals surface area contributed by atoms with Crippen molar-refractivity contribution in [3.05, 3.63) is 29.6 Å². The zero-order chi connectivity index (χ0) is 11.4. The molecule has 1 aromatic rings. The summed E-state index contributed by atoms with van der Waals surface area (Å²) in [5.74, 6) is -1.90. The van der Waals surface area contributed by atoms with E-state index in [1.165, 1.54) is 12.1 Å². The number of rotatable bonds is 1. The van der Waals surface area contributed by atoms with Crippen LogP contribution in [0.2, 0.25) is 0 Å². The van der Waals surface area contributed by atoms with Crippen LogP contribution in [0.25, 0.3) is 0 Å².